The van der Waals surface area contributed by atoms with Crippen molar-refractivity contribution in [3.05, 3.63) is 53.7 Å². The number of piperidine rings is 1. The molecule has 6 nitrogen and oxygen atoms in total. The van der Waals surface area contributed by atoms with Gasteiger partial charge in [0.25, 0.3) is 0 Å². The fourth-order valence-electron chi connectivity index (χ4n) is 4.74. The molecule has 2 aliphatic rings. The summed E-state index contributed by atoms with van der Waals surface area (Å²) >= 11 is 0. The highest BCUT2D eigenvalue weighted by molar-refractivity contribution is 5.76. The number of nitrogens with zero attached hydrogens (tertiary/aromatic N) is 4. The zero-order chi connectivity index (χ0) is 24.8. The highest BCUT2D eigenvalue weighted by Gasteiger charge is 2.31. The molecule has 1 aromatic carbocycles. The lowest BCUT2D eigenvalue weighted by Gasteiger charge is -2.36. The number of carbonyl (C=O) groups is 1. The molecule has 2 aromatic rings. The molecule has 1 aromatic heterocycles. The van der Waals surface area contributed by atoms with Gasteiger partial charge < -0.3 is 15.1 Å². The molecular formula is C26H34F3N5O. The Bertz CT molecular complexity index is 948. The Balaban J connectivity index is 1.11. The number of hydrogen-bond acceptors (Lipinski definition) is 5. The number of aromatic nitrogens is 1. The summed E-state index contributed by atoms with van der Waals surface area (Å²) in [4.78, 5) is 23.2. The minimum absolute atomic E-state index is 0.0781. The lowest BCUT2D eigenvalue weighted by atomic mass is 10.0. The number of nitrogens with one attached hydrogen (secondary N) is 1. The Morgan fingerprint density at radius 3 is 2.26 bits per heavy atom. The molecule has 35 heavy (non-hydrogen) atoms. The highest BCUT2D eigenvalue weighted by atomic mass is 19.4. The van der Waals surface area contributed by atoms with Gasteiger partial charge in [-0.3, -0.25) is 9.69 Å². The number of rotatable bonds is 7. The van der Waals surface area contributed by atoms with Crippen LogP contribution in [0.15, 0.2) is 42.6 Å². The van der Waals surface area contributed by atoms with Crippen LogP contribution >= 0.6 is 0 Å². The molecule has 0 saturated carbocycles. The largest absolute Gasteiger partial charge is 0.417 e. The van der Waals surface area contributed by atoms with Crippen molar-refractivity contribution in [2.24, 2.45) is 0 Å². The summed E-state index contributed by atoms with van der Waals surface area (Å²) in [6, 6.07) is 11.2. The number of amides is 1. The van der Waals surface area contributed by atoms with Crippen LogP contribution in [-0.4, -0.2) is 67.6 Å². The molecule has 0 bridgehead atoms. The van der Waals surface area contributed by atoms with Gasteiger partial charge in [0, 0.05) is 63.6 Å². The topological polar surface area (TPSA) is 51.7 Å². The Hall–Kier alpha value is -2.81. The molecule has 0 spiro atoms. The molecule has 2 saturated heterocycles. The van der Waals surface area contributed by atoms with Gasteiger partial charge in [-0.1, -0.05) is 17.7 Å². The van der Waals surface area contributed by atoms with Gasteiger partial charge in [0.1, 0.15) is 5.82 Å². The van der Waals surface area contributed by atoms with E-state index < -0.39 is 11.7 Å². The van der Waals surface area contributed by atoms with Crippen molar-refractivity contribution in [1.29, 1.82) is 0 Å². The number of alkyl halides is 3. The second kappa shape index (κ2) is 11.3. The molecule has 1 amide bonds. The van der Waals surface area contributed by atoms with Crippen LogP contribution in [0.1, 0.15) is 36.8 Å². The standard InChI is InChI=1S/C26H34F3N5O/c1-20-4-7-23(8-5-20)33-17-15-32(16-18-33)12-2-3-25(35)31-22-10-13-34(14-11-22)24-9-6-21(19-30-24)26(27,28)29/h4-9,19,22H,2-3,10-18H2,1H3,(H,31,35). The van der Waals surface area contributed by atoms with Crippen molar-refractivity contribution in [3.63, 3.8) is 0 Å². The van der Waals surface area contributed by atoms with Crippen LogP contribution in [0.4, 0.5) is 24.7 Å². The van der Waals surface area contributed by atoms with Crippen molar-refractivity contribution in [2.75, 3.05) is 55.6 Å². The van der Waals surface area contributed by atoms with Gasteiger partial charge in [0.05, 0.1) is 5.56 Å². The Labute approximate surface area is 205 Å². The number of piperazine rings is 1. The van der Waals surface area contributed by atoms with Crippen LogP contribution in [0.2, 0.25) is 0 Å². The van der Waals surface area contributed by atoms with E-state index >= 15 is 0 Å². The van der Waals surface area contributed by atoms with Crippen molar-refractivity contribution in [1.82, 2.24) is 15.2 Å². The number of anilines is 2. The van der Waals surface area contributed by atoms with Crippen LogP contribution in [0.5, 0.6) is 0 Å². The van der Waals surface area contributed by atoms with Gasteiger partial charge in [-0.05, 0) is 57.0 Å². The predicted molar refractivity (Wildman–Crippen MR) is 132 cm³/mol. The Kier molecular flexibility index (Phi) is 8.15. The number of carbonyl (C=O) groups excluding carboxylic acids is 1. The predicted octanol–water partition coefficient (Wildman–Crippen LogP) is 4.10. The quantitative estimate of drug-likeness (QED) is 0.635. The van der Waals surface area contributed by atoms with E-state index in [1.165, 1.54) is 17.3 Å². The summed E-state index contributed by atoms with van der Waals surface area (Å²) < 4.78 is 38.2. The SMILES string of the molecule is Cc1ccc(N2CCN(CCCC(=O)NC3CCN(c4ccc(C(F)(F)F)cn4)CC3)CC2)cc1. The Morgan fingerprint density at radius 1 is 0.971 bits per heavy atom. The first-order valence-electron chi connectivity index (χ1n) is 12.4. The first-order valence-corrected chi connectivity index (χ1v) is 12.4. The van der Waals surface area contributed by atoms with Gasteiger partial charge in [0.2, 0.25) is 5.91 Å². The average molecular weight is 490 g/mol. The van der Waals surface area contributed by atoms with E-state index in [2.05, 4.69) is 51.3 Å². The van der Waals surface area contributed by atoms with Crippen molar-refractivity contribution < 1.29 is 18.0 Å². The monoisotopic (exact) mass is 489 g/mol. The second-order valence-electron chi connectivity index (χ2n) is 9.50. The summed E-state index contributed by atoms with van der Waals surface area (Å²) in [6.07, 6.45) is -0.626. The van der Waals surface area contributed by atoms with E-state index in [1.54, 1.807) is 0 Å². The molecule has 0 unspecified atom stereocenters. The number of benzene rings is 1. The molecule has 2 fully saturated rings. The van der Waals surface area contributed by atoms with E-state index in [0.717, 1.165) is 64.2 Å². The fourth-order valence-corrected chi connectivity index (χ4v) is 4.74. The summed E-state index contributed by atoms with van der Waals surface area (Å²) in [5.74, 6) is 0.625. The fraction of sp³-hybridized carbons (Fsp3) is 0.538. The maximum Gasteiger partial charge on any atom is 0.417 e. The Morgan fingerprint density at radius 2 is 1.66 bits per heavy atom. The number of pyridine rings is 1. The van der Waals surface area contributed by atoms with Crippen LogP contribution in [0.3, 0.4) is 0 Å². The lowest BCUT2D eigenvalue weighted by molar-refractivity contribution is -0.137. The second-order valence-corrected chi connectivity index (χ2v) is 9.50. The van der Waals surface area contributed by atoms with Gasteiger partial charge >= 0.3 is 6.18 Å². The summed E-state index contributed by atoms with van der Waals surface area (Å²) in [5.41, 5.74) is 1.80. The average Bonchev–Trinajstić information content (AvgIpc) is 2.85. The first kappa shape index (κ1) is 25.3. The number of hydrogen-bond donors (Lipinski definition) is 1. The van der Waals surface area contributed by atoms with E-state index in [0.29, 0.717) is 25.3 Å². The third kappa shape index (κ3) is 7.10. The molecule has 3 heterocycles. The molecular weight excluding hydrogens is 455 g/mol. The number of aryl methyl sites for hydroxylation is 1. The van der Waals surface area contributed by atoms with Crippen LogP contribution < -0.4 is 15.1 Å². The molecule has 2 aliphatic heterocycles. The van der Waals surface area contributed by atoms with Crippen LogP contribution in [0.25, 0.3) is 0 Å². The molecule has 190 valence electrons. The summed E-state index contributed by atoms with van der Waals surface area (Å²) in [7, 11) is 0. The van der Waals surface area contributed by atoms with E-state index in [9.17, 15) is 18.0 Å². The van der Waals surface area contributed by atoms with Gasteiger partial charge in [-0.25, -0.2) is 4.98 Å². The van der Waals surface area contributed by atoms with Gasteiger partial charge in [-0.15, -0.1) is 0 Å². The zero-order valence-corrected chi connectivity index (χ0v) is 20.2. The molecule has 9 heteroatoms. The van der Waals surface area contributed by atoms with Crippen molar-refractivity contribution in [2.45, 2.75) is 44.8 Å². The van der Waals surface area contributed by atoms with Gasteiger partial charge in [0.15, 0.2) is 0 Å². The molecule has 0 radical (unpaired) electrons. The minimum Gasteiger partial charge on any atom is -0.369 e. The lowest BCUT2D eigenvalue weighted by Crippen LogP contribution is -2.47. The summed E-state index contributed by atoms with van der Waals surface area (Å²) in [5, 5.41) is 3.13. The third-order valence-corrected chi connectivity index (χ3v) is 6.91. The van der Waals surface area contributed by atoms with Crippen LogP contribution in [0, 0.1) is 6.92 Å². The molecule has 0 aliphatic carbocycles. The normalized spacial score (nSPS) is 18.1. The van der Waals surface area contributed by atoms with Crippen LogP contribution in [-0.2, 0) is 11.0 Å². The van der Waals surface area contributed by atoms with Crippen molar-refractivity contribution in [3.8, 4) is 0 Å². The maximum atomic E-state index is 12.7. The molecule has 1 N–H and O–H groups in total. The third-order valence-electron chi connectivity index (χ3n) is 6.91. The summed E-state index contributed by atoms with van der Waals surface area (Å²) in [6.45, 7) is 8.36. The smallest absolute Gasteiger partial charge is 0.369 e. The zero-order valence-electron chi connectivity index (χ0n) is 20.2. The maximum absolute atomic E-state index is 12.7. The first-order chi connectivity index (χ1) is 16.8. The van der Waals surface area contributed by atoms with E-state index in [-0.39, 0.29) is 11.9 Å². The molecule has 4 rings (SSSR count). The van der Waals surface area contributed by atoms with Crippen molar-refractivity contribution >= 4 is 17.4 Å². The van der Waals surface area contributed by atoms with E-state index in [4.69, 9.17) is 0 Å². The van der Waals surface area contributed by atoms with E-state index in [1.807, 2.05) is 4.90 Å². The number of halogens is 3. The minimum atomic E-state index is -4.38. The molecule has 0 atom stereocenters. The van der Waals surface area contributed by atoms with Gasteiger partial charge in [-0.2, -0.15) is 13.2 Å². The highest BCUT2D eigenvalue weighted by Crippen LogP contribution is 2.29.